The second kappa shape index (κ2) is 12.8. The predicted octanol–water partition coefficient (Wildman–Crippen LogP) is 8.38. The highest BCUT2D eigenvalue weighted by Gasteiger charge is 2.43. The molecule has 3 aliphatic carbocycles. The van der Waals surface area contributed by atoms with Crippen LogP contribution in [0.3, 0.4) is 0 Å². The Bertz CT molecular complexity index is 2350. The number of hydrogen-bond donors (Lipinski definition) is 1. The number of Topliss-reactive ketones (excluding diaryl/α,β-unsaturated/α-hetero) is 2. The molecule has 2 amide bonds. The summed E-state index contributed by atoms with van der Waals surface area (Å²) < 4.78 is 6.31. The van der Waals surface area contributed by atoms with E-state index in [0.29, 0.717) is 34.5 Å². The summed E-state index contributed by atoms with van der Waals surface area (Å²) in [4.78, 5) is 79.7. The third-order valence-electron chi connectivity index (χ3n) is 11.5. The van der Waals surface area contributed by atoms with Crippen LogP contribution in [0.2, 0.25) is 0 Å². The average Bonchev–Trinajstić information content (AvgIpc) is 3.71. The Morgan fingerprint density at radius 1 is 0.750 bits per heavy atom. The SMILES string of the molecule is CSc1ccc2nc(C3C(=O)c4ccc5c6c(ccc(c46)C3=O)C(=O)N(c3ccc(OCC4CCCCC4)cc3C3CCCC3)C5=O)[nH]c(=O)c2c1. The fourth-order valence-electron chi connectivity index (χ4n) is 8.85. The first-order valence-corrected chi connectivity index (χ1v) is 19.5. The summed E-state index contributed by atoms with van der Waals surface area (Å²) in [7, 11) is 0. The Labute approximate surface area is 304 Å². The van der Waals surface area contributed by atoms with Crippen LogP contribution in [-0.4, -0.2) is 46.2 Å². The second-order valence-corrected chi connectivity index (χ2v) is 15.4. The summed E-state index contributed by atoms with van der Waals surface area (Å²) in [5, 5.41) is 0.961. The Hall–Kier alpha value is -5.09. The number of rotatable bonds is 7. The number of ether oxygens (including phenoxy) is 1. The highest BCUT2D eigenvalue weighted by atomic mass is 32.2. The van der Waals surface area contributed by atoms with Gasteiger partial charge in [0.25, 0.3) is 17.4 Å². The number of hydrogen-bond acceptors (Lipinski definition) is 8. The second-order valence-electron chi connectivity index (χ2n) is 14.5. The van der Waals surface area contributed by atoms with Gasteiger partial charge in [-0.25, -0.2) is 9.88 Å². The topological polar surface area (TPSA) is 126 Å². The van der Waals surface area contributed by atoms with Gasteiger partial charge in [0.2, 0.25) is 0 Å². The molecule has 2 heterocycles. The van der Waals surface area contributed by atoms with Gasteiger partial charge in [0.05, 0.1) is 23.2 Å². The van der Waals surface area contributed by atoms with E-state index in [-0.39, 0.29) is 39.4 Å². The number of nitrogens with one attached hydrogen (secondary N) is 1. The van der Waals surface area contributed by atoms with Gasteiger partial charge in [-0.2, -0.15) is 0 Å². The van der Waals surface area contributed by atoms with Crippen LogP contribution in [-0.2, 0) is 0 Å². The number of ketones is 2. The Kier molecular flexibility index (Phi) is 8.10. The number of amides is 2. The standard InChI is InChI=1S/C42H37N3O6S/c1-52-25-12-17-32-31(20-25)40(48)44-39(43-32)36-37(46)26-13-15-28-35-29(16-14-27(34(26)35)38(36)47)42(50)45(41(28)49)33-18-11-24(19-30(33)23-9-5-6-10-23)51-21-22-7-3-2-4-8-22/h11-20,22-23,36H,2-10,21H2,1H3,(H,43,44,48). The van der Waals surface area contributed by atoms with Crippen molar-refractivity contribution in [3.05, 3.63) is 105 Å². The Morgan fingerprint density at radius 3 is 2.06 bits per heavy atom. The maximum Gasteiger partial charge on any atom is 0.265 e. The fraction of sp³-hybridized carbons (Fsp3) is 0.333. The molecule has 0 unspecified atom stereocenters. The third-order valence-corrected chi connectivity index (χ3v) is 12.3. The van der Waals surface area contributed by atoms with E-state index in [1.54, 1.807) is 36.4 Å². The van der Waals surface area contributed by atoms with E-state index in [1.165, 1.54) is 48.8 Å². The molecule has 2 saturated carbocycles. The molecule has 0 radical (unpaired) electrons. The van der Waals surface area contributed by atoms with Crippen LogP contribution >= 0.6 is 11.8 Å². The van der Waals surface area contributed by atoms with Crippen molar-refractivity contribution in [3.63, 3.8) is 0 Å². The lowest BCUT2D eigenvalue weighted by atomic mass is 9.76. The summed E-state index contributed by atoms with van der Waals surface area (Å²) in [6, 6.07) is 17.3. The maximum absolute atomic E-state index is 14.4. The van der Waals surface area contributed by atoms with E-state index in [2.05, 4.69) is 9.97 Å². The number of nitrogens with zero attached hydrogens (tertiary/aromatic N) is 2. The van der Waals surface area contributed by atoms with E-state index >= 15 is 0 Å². The van der Waals surface area contributed by atoms with Crippen molar-refractivity contribution < 1.29 is 23.9 Å². The highest BCUT2D eigenvalue weighted by molar-refractivity contribution is 7.98. The third kappa shape index (κ3) is 5.21. The minimum atomic E-state index is -1.37. The molecule has 0 spiro atoms. The summed E-state index contributed by atoms with van der Waals surface area (Å²) in [5.74, 6) is -1.99. The fourth-order valence-corrected chi connectivity index (χ4v) is 9.29. The van der Waals surface area contributed by atoms with Crippen LogP contribution in [0.4, 0.5) is 5.69 Å². The minimum absolute atomic E-state index is 0.0348. The van der Waals surface area contributed by atoms with Gasteiger partial charge < -0.3 is 9.72 Å². The molecule has 52 heavy (non-hydrogen) atoms. The summed E-state index contributed by atoms with van der Waals surface area (Å²) in [6.45, 7) is 0.662. The van der Waals surface area contributed by atoms with Crippen LogP contribution in [0.5, 0.6) is 5.75 Å². The van der Waals surface area contributed by atoms with Gasteiger partial charge in [-0.15, -0.1) is 11.8 Å². The van der Waals surface area contributed by atoms with Gasteiger partial charge in [0.1, 0.15) is 17.5 Å². The van der Waals surface area contributed by atoms with E-state index < -0.39 is 34.9 Å². The molecule has 4 aromatic carbocycles. The molecule has 9 rings (SSSR count). The van der Waals surface area contributed by atoms with E-state index in [1.807, 2.05) is 30.5 Å². The zero-order chi connectivity index (χ0) is 35.7. The molecule has 0 bridgehead atoms. The number of thioether (sulfide) groups is 1. The van der Waals surface area contributed by atoms with Crippen molar-refractivity contribution in [2.45, 2.75) is 74.5 Å². The van der Waals surface area contributed by atoms with E-state index in [9.17, 15) is 24.0 Å². The number of aromatic amines is 1. The van der Waals surface area contributed by atoms with Crippen molar-refractivity contribution in [2.75, 3.05) is 17.8 Å². The lowest BCUT2D eigenvalue weighted by Gasteiger charge is -2.32. The molecule has 1 aliphatic heterocycles. The van der Waals surface area contributed by atoms with Crippen molar-refractivity contribution >= 4 is 62.5 Å². The predicted molar refractivity (Wildman–Crippen MR) is 200 cm³/mol. The van der Waals surface area contributed by atoms with Gasteiger partial charge >= 0.3 is 0 Å². The lowest BCUT2D eigenvalue weighted by molar-refractivity contribution is 0.0842. The number of imide groups is 1. The molecule has 1 N–H and O–H groups in total. The summed E-state index contributed by atoms with van der Waals surface area (Å²) in [6.07, 6.45) is 12.1. The van der Waals surface area contributed by atoms with Gasteiger partial charge in [-0.3, -0.25) is 24.0 Å². The summed E-state index contributed by atoms with van der Waals surface area (Å²) in [5.41, 5.74) is 2.35. The van der Waals surface area contributed by atoms with Crippen LogP contribution in [0.1, 0.15) is 122 Å². The molecule has 10 heteroatoms. The van der Waals surface area contributed by atoms with Crippen molar-refractivity contribution in [3.8, 4) is 5.75 Å². The molecule has 1 aromatic heterocycles. The molecule has 4 aliphatic rings. The average molecular weight is 712 g/mol. The first-order valence-electron chi connectivity index (χ1n) is 18.2. The zero-order valence-electron chi connectivity index (χ0n) is 28.8. The Balaban J connectivity index is 1.09. The van der Waals surface area contributed by atoms with Crippen LogP contribution in [0.15, 0.2) is 70.4 Å². The first kappa shape index (κ1) is 32.8. The maximum atomic E-state index is 14.4. The normalized spacial score (nSPS) is 18.3. The molecule has 2 fully saturated rings. The van der Waals surface area contributed by atoms with E-state index in [0.717, 1.165) is 41.9 Å². The van der Waals surface area contributed by atoms with Crippen molar-refractivity contribution in [1.82, 2.24) is 9.97 Å². The molecule has 0 saturated heterocycles. The van der Waals surface area contributed by atoms with Crippen LogP contribution in [0.25, 0.3) is 21.7 Å². The van der Waals surface area contributed by atoms with Crippen molar-refractivity contribution in [1.29, 1.82) is 0 Å². The molecule has 9 nitrogen and oxygen atoms in total. The minimum Gasteiger partial charge on any atom is -0.493 e. The Morgan fingerprint density at radius 2 is 1.38 bits per heavy atom. The molecular weight excluding hydrogens is 675 g/mol. The zero-order valence-corrected chi connectivity index (χ0v) is 29.6. The number of benzene rings is 4. The van der Waals surface area contributed by atoms with Gasteiger partial charge in [-0.05, 0) is 110 Å². The molecule has 262 valence electrons. The number of carbonyl (C=O) groups is 4. The monoisotopic (exact) mass is 711 g/mol. The number of aromatic nitrogens is 2. The van der Waals surface area contributed by atoms with Crippen LogP contribution < -0.4 is 15.2 Å². The quantitative estimate of drug-likeness (QED) is 0.101. The smallest absolute Gasteiger partial charge is 0.265 e. The first-order chi connectivity index (χ1) is 25.3. The molecule has 0 atom stereocenters. The lowest BCUT2D eigenvalue weighted by Crippen LogP contribution is -2.42. The van der Waals surface area contributed by atoms with Crippen LogP contribution in [0, 0.1) is 5.92 Å². The highest BCUT2D eigenvalue weighted by Crippen LogP contribution is 2.45. The van der Waals surface area contributed by atoms with Gasteiger partial charge in [0, 0.05) is 37.9 Å². The largest absolute Gasteiger partial charge is 0.493 e. The van der Waals surface area contributed by atoms with Crippen molar-refractivity contribution in [2.24, 2.45) is 5.92 Å². The molecule has 5 aromatic rings. The summed E-state index contributed by atoms with van der Waals surface area (Å²) >= 11 is 1.49. The van der Waals surface area contributed by atoms with Gasteiger partial charge in [-0.1, -0.05) is 32.1 Å². The number of H-pyrrole nitrogens is 1. The molecular formula is C42H37N3O6S. The van der Waals surface area contributed by atoms with E-state index in [4.69, 9.17) is 4.74 Å². The number of anilines is 1. The number of fused-ring (bicyclic) bond motifs is 1. The number of carbonyl (C=O) groups excluding carboxylic acids is 4. The van der Waals surface area contributed by atoms with Gasteiger partial charge in [0.15, 0.2) is 11.6 Å².